The first-order valence-corrected chi connectivity index (χ1v) is 10.1. The summed E-state index contributed by atoms with van der Waals surface area (Å²) in [4.78, 5) is 25.8. The van der Waals surface area contributed by atoms with Crippen LogP contribution in [0.4, 0.5) is 0 Å². The number of esters is 1. The van der Waals surface area contributed by atoms with E-state index in [2.05, 4.69) is 4.72 Å². The number of hydrogen-bond acceptors (Lipinski definition) is 6. The minimum atomic E-state index is -3.72. The van der Waals surface area contributed by atoms with Gasteiger partial charge in [0, 0.05) is 19.2 Å². The van der Waals surface area contributed by atoms with Gasteiger partial charge < -0.3 is 14.4 Å². The number of amides is 1. The Bertz CT molecular complexity index is 828. The van der Waals surface area contributed by atoms with E-state index in [0.29, 0.717) is 18.7 Å². The van der Waals surface area contributed by atoms with Crippen molar-refractivity contribution in [2.24, 2.45) is 0 Å². The summed E-state index contributed by atoms with van der Waals surface area (Å²) < 4.78 is 36.6. The summed E-state index contributed by atoms with van der Waals surface area (Å²) in [6.45, 7) is 2.91. The summed E-state index contributed by atoms with van der Waals surface area (Å²) in [6.07, 6.45) is 3.63. The molecule has 0 spiro atoms. The summed E-state index contributed by atoms with van der Waals surface area (Å²) in [7, 11) is -1.05. The standard InChI is InChI=1S/C18H24N2O6S/c1-13(18(22)20-10-4-5-11-20)26-17(21)9-7-14-6-8-15(25-3)16(12-14)27(23,24)19-2/h6-9,12-13,19H,4-5,10-11H2,1-3H3/b9-7+/t13-/m1/s1. The molecule has 0 unspecified atom stereocenters. The maximum atomic E-state index is 12.2. The van der Waals surface area contributed by atoms with Crippen molar-refractivity contribution in [3.05, 3.63) is 29.8 Å². The van der Waals surface area contributed by atoms with Crippen molar-refractivity contribution in [3.63, 3.8) is 0 Å². The van der Waals surface area contributed by atoms with Gasteiger partial charge in [-0.25, -0.2) is 17.9 Å². The van der Waals surface area contributed by atoms with Crippen LogP contribution in [0.2, 0.25) is 0 Å². The number of likely N-dealkylation sites (tertiary alicyclic amines) is 1. The highest BCUT2D eigenvalue weighted by Gasteiger charge is 2.25. The molecule has 8 nitrogen and oxygen atoms in total. The van der Waals surface area contributed by atoms with Crippen molar-refractivity contribution in [3.8, 4) is 5.75 Å². The van der Waals surface area contributed by atoms with Gasteiger partial charge in [0.25, 0.3) is 5.91 Å². The number of sulfonamides is 1. The molecular formula is C18H24N2O6S. The lowest BCUT2D eigenvalue weighted by Gasteiger charge is -2.19. The SMILES string of the molecule is CNS(=O)(=O)c1cc(/C=C/C(=O)O[C@H](C)C(=O)N2CCCC2)ccc1OC. The van der Waals surface area contributed by atoms with Crippen molar-refractivity contribution in [1.29, 1.82) is 0 Å². The number of nitrogens with zero attached hydrogens (tertiary/aromatic N) is 1. The predicted molar refractivity (Wildman–Crippen MR) is 99.6 cm³/mol. The molecule has 2 rings (SSSR count). The molecule has 27 heavy (non-hydrogen) atoms. The molecule has 0 aromatic heterocycles. The van der Waals surface area contributed by atoms with E-state index >= 15 is 0 Å². The predicted octanol–water partition coefficient (Wildman–Crippen LogP) is 1.17. The summed E-state index contributed by atoms with van der Waals surface area (Å²) in [5.74, 6) is -0.695. The number of ether oxygens (including phenoxy) is 2. The second kappa shape index (κ2) is 9.01. The van der Waals surface area contributed by atoms with Crippen LogP contribution in [0.5, 0.6) is 5.75 Å². The molecule has 1 aromatic rings. The van der Waals surface area contributed by atoms with Crippen molar-refractivity contribution >= 4 is 28.0 Å². The number of carbonyl (C=O) groups excluding carboxylic acids is 2. The van der Waals surface area contributed by atoms with Gasteiger partial charge in [0.05, 0.1) is 7.11 Å². The van der Waals surface area contributed by atoms with Gasteiger partial charge in [-0.3, -0.25) is 4.79 Å². The number of carbonyl (C=O) groups is 2. The highest BCUT2D eigenvalue weighted by atomic mass is 32.2. The molecule has 1 heterocycles. The van der Waals surface area contributed by atoms with Crippen LogP contribution in [0.15, 0.2) is 29.2 Å². The fourth-order valence-corrected chi connectivity index (χ4v) is 3.67. The maximum absolute atomic E-state index is 12.2. The Morgan fingerprint density at radius 1 is 1.26 bits per heavy atom. The number of rotatable bonds is 7. The monoisotopic (exact) mass is 396 g/mol. The van der Waals surface area contributed by atoms with Gasteiger partial charge in [-0.2, -0.15) is 0 Å². The Kier molecular flexibility index (Phi) is 6.98. The average Bonchev–Trinajstić information content (AvgIpc) is 3.20. The third-order valence-electron chi connectivity index (χ3n) is 4.22. The van der Waals surface area contributed by atoms with Crippen LogP contribution in [0.25, 0.3) is 6.08 Å². The van der Waals surface area contributed by atoms with E-state index in [1.54, 1.807) is 11.0 Å². The van der Waals surface area contributed by atoms with Gasteiger partial charge in [0.1, 0.15) is 10.6 Å². The molecule has 9 heteroatoms. The van der Waals surface area contributed by atoms with Crippen LogP contribution in [-0.4, -0.2) is 58.5 Å². The number of hydrogen-bond donors (Lipinski definition) is 1. The molecule has 1 N–H and O–H groups in total. The fourth-order valence-electron chi connectivity index (χ4n) is 2.74. The molecule has 1 amide bonds. The lowest BCUT2D eigenvalue weighted by Crippen LogP contribution is -2.37. The van der Waals surface area contributed by atoms with Crippen molar-refractivity contribution in [1.82, 2.24) is 9.62 Å². The number of benzene rings is 1. The lowest BCUT2D eigenvalue weighted by molar-refractivity contribution is -0.154. The molecule has 1 aliphatic rings. The molecule has 1 atom stereocenters. The molecule has 0 radical (unpaired) electrons. The second-order valence-corrected chi connectivity index (χ2v) is 7.92. The first kappa shape index (κ1) is 20.9. The van der Waals surface area contributed by atoms with Gasteiger partial charge in [0.15, 0.2) is 6.10 Å². The Balaban J connectivity index is 2.07. The van der Waals surface area contributed by atoms with E-state index < -0.39 is 22.1 Å². The fraction of sp³-hybridized carbons (Fsp3) is 0.444. The molecule has 148 valence electrons. The van der Waals surface area contributed by atoms with Gasteiger partial charge in [-0.05, 0) is 50.6 Å². The van der Waals surface area contributed by atoms with E-state index in [1.807, 2.05) is 0 Å². The molecule has 1 aromatic carbocycles. The molecule has 1 aliphatic heterocycles. The van der Waals surface area contributed by atoms with Gasteiger partial charge in [0.2, 0.25) is 10.0 Å². The molecule has 0 bridgehead atoms. The molecule has 0 saturated carbocycles. The van der Waals surface area contributed by atoms with Gasteiger partial charge in [-0.1, -0.05) is 6.07 Å². The summed E-state index contributed by atoms with van der Waals surface area (Å²) in [6, 6.07) is 4.48. The Morgan fingerprint density at radius 3 is 2.52 bits per heavy atom. The van der Waals surface area contributed by atoms with E-state index in [9.17, 15) is 18.0 Å². The van der Waals surface area contributed by atoms with Crippen molar-refractivity contribution < 1.29 is 27.5 Å². The summed E-state index contributed by atoms with van der Waals surface area (Å²) >= 11 is 0. The zero-order valence-corrected chi connectivity index (χ0v) is 16.4. The highest BCUT2D eigenvalue weighted by Crippen LogP contribution is 2.25. The normalized spacial score (nSPS) is 15.7. The Morgan fingerprint density at radius 2 is 1.93 bits per heavy atom. The second-order valence-electron chi connectivity index (χ2n) is 6.06. The quantitative estimate of drug-likeness (QED) is 0.548. The summed E-state index contributed by atoms with van der Waals surface area (Å²) in [5.41, 5.74) is 0.472. The molecule has 1 saturated heterocycles. The van der Waals surface area contributed by atoms with E-state index in [4.69, 9.17) is 9.47 Å². The first-order valence-electron chi connectivity index (χ1n) is 8.57. The first-order chi connectivity index (χ1) is 12.8. The lowest BCUT2D eigenvalue weighted by atomic mass is 10.2. The van der Waals surface area contributed by atoms with Crippen LogP contribution in [0.3, 0.4) is 0 Å². The minimum Gasteiger partial charge on any atom is -0.495 e. The van der Waals surface area contributed by atoms with E-state index in [0.717, 1.165) is 18.9 Å². The average molecular weight is 396 g/mol. The third-order valence-corrected chi connectivity index (χ3v) is 5.65. The minimum absolute atomic E-state index is 0.0411. The van der Waals surface area contributed by atoms with E-state index in [-0.39, 0.29) is 16.6 Å². The van der Waals surface area contributed by atoms with E-state index in [1.165, 1.54) is 39.3 Å². The Hall–Kier alpha value is -2.39. The van der Waals surface area contributed by atoms with Crippen LogP contribution in [0, 0.1) is 0 Å². The highest BCUT2D eigenvalue weighted by molar-refractivity contribution is 7.89. The smallest absolute Gasteiger partial charge is 0.331 e. The molecule has 1 fully saturated rings. The topological polar surface area (TPSA) is 102 Å². The third kappa shape index (κ3) is 5.30. The Labute approximate surface area is 159 Å². The van der Waals surface area contributed by atoms with Crippen LogP contribution < -0.4 is 9.46 Å². The van der Waals surface area contributed by atoms with Gasteiger partial charge in [-0.15, -0.1) is 0 Å². The molecule has 0 aliphatic carbocycles. The zero-order valence-electron chi connectivity index (χ0n) is 15.6. The van der Waals surface area contributed by atoms with Crippen LogP contribution in [0.1, 0.15) is 25.3 Å². The summed E-state index contributed by atoms with van der Waals surface area (Å²) in [5, 5.41) is 0. The number of nitrogens with one attached hydrogen (secondary N) is 1. The van der Waals surface area contributed by atoms with Crippen LogP contribution >= 0.6 is 0 Å². The van der Waals surface area contributed by atoms with Crippen molar-refractivity contribution in [2.75, 3.05) is 27.2 Å². The van der Waals surface area contributed by atoms with Crippen molar-refractivity contribution in [2.45, 2.75) is 30.8 Å². The molecular weight excluding hydrogens is 372 g/mol. The largest absolute Gasteiger partial charge is 0.495 e. The maximum Gasteiger partial charge on any atom is 0.331 e. The van der Waals surface area contributed by atoms with Gasteiger partial charge >= 0.3 is 5.97 Å². The number of methoxy groups -OCH3 is 1. The zero-order chi connectivity index (χ0) is 20.0. The van der Waals surface area contributed by atoms with Crippen LogP contribution in [-0.2, 0) is 24.3 Å².